The summed E-state index contributed by atoms with van der Waals surface area (Å²) in [6.07, 6.45) is 2.37. The maximum Gasteiger partial charge on any atom is 0.243 e. The zero-order chi connectivity index (χ0) is 12.3. The lowest BCUT2D eigenvalue weighted by molar-refractivity contribution is -0.120. The molecule has 0 bridgehead atoms. The van der Waals surface area contributed by atoms with Crippen LogP contribution in [0.4, 0.5) is 5.69 Å². The minimum absolute atomic E-state index is 0.00570. The highest BCUT2D eigenvalue weighted by Gasteiger charge is 2.26. The molecule has 1 atom stereocenters. The predicted molar refractivity (Wildman–Crippen MR) is 66.8 cm³/mol. The minimum atomic E-state index is -0.360. The number of aliphatic hydroxyl groups is 1. The molecule has 1 aliphatic heterocycles. The molecule has 0 saturated carbocycles. The van der Waals surface area contributed by atoms with Gasteiger partial charge in [-0.1, -0.05) is 12.1 Å². The van der Waals surface area contributed by atoms with Crippen LogP contribution >= 0.6 is 0 Å². The van der Waals surface area contributed by atoms with E-state index in [2.05, 4.69) is 0 Å². The van der Waals surface area contributed by atoms with Gasteiger partial charge >= 0.3 is 0 Å². The van der Waals surface area contributed by atoms with Gasteiger partial charge in [0.2, 0.25) is 5.91 Å². The van der Waals surface area contributed by atoms with E-state index in [-0.39, 0.29) is 18.6 Å². The topological polar surface area (TPSA) is 66.6 Å². The third-order valence-corrected chi connectivity index (χ3v) is 3.13. The standard InChI is InChI=1S/C13H18N2O2/c14-12-2-1-8-15(13(12)17)11-5-3-10(4-6-11)7-9-16/h3-6,12,16H,1-2,7-9,14H2. The number of nitrogens with zero attached hydrogens (tertiary/aromatic N) is 1. The number of rotatable bonds is 3. The highest BCUT2D eigenvalue weighted by Crippen LogP contribution is 2.21. The molecule has 1 aromatic carbocycles. The van der Waals surface area contributed by atoms with Crippen LogP contribution in [0.3, 0.4) is 0 Å². The van der Waals surface area contributed by atoms with Gasteiger partial charge in [-0.15, -0.1) is 0 Å². The molecule has 3 N–H and O–H groups in total. The smallest absolute Gasteiger partial charge is 0.243 e. The van der Waals surface area contributed by atoms with Crippen LogP contribution < -0.4 is 10.6 Å². The van der Waals surface area contributed by atoms with Crippen molar-refractivity contribution in [1.82, 2.24) is 0 Å². The molecule has 1 aromatic rings. The Bertz CT molecular complexity index is 389. The Hall–Kier alpha value is -1.39. The zero-order valence-corrected chi connectivity index (χ0v) is 9.80. The first kappa shape index (κ1) is 12.1. The van der Waals surface area contributed by atoms with Crippen LogP contribution in [-0.2, 0) is 11.2 Å². The first-order valence-electron chi connectivity index (χ1n) is 5.99. The molecule has 2 rings (SSSR count). The lowest BCUT2D eigenvalue weighted by Gasteiger charge is -2.30. The Morgan fingerprint density at radius 1 is 1.35 bits per heavy atom. The van der Waals surface area contributed by atoms with E-state index in [4.69, 9.17) is 10.8 Å². The van der Waals surface area contributed by atoms with Gasteiger partial charge in [0.15, 0.2) is 0 Å². The van der Waals surface area contributed by atoms with E-state index in [1.165, 1.54) is 0 Å². The molecule has 0 aromatic heterocycles. The van der Waals surface area contributed by atoms with Crippen molar-refractivity contribution in [2.45, 2.75) is 25.3 Å². The number of aliphatic hydroxyl groups excluding tert-OH is 1. The van der Waals surface area contributed by atoms with Crippen molar-refractivity contribution >= 4 is 11.6 Å². The number of amides is 1. The van der Waals surface area contributed by atoms with Crippen molar-refractivity contribution < 1.29 is 9.90 Å². The van der Waals surface area contributed by atoms with Crippen molar-refractivity contribution in [2.24, 2.45) is 5.73 Å². The lowest BCUT2D eigenvalue weighted by Crippen LogP contribution is -2.48. The van der Waals surface area contributed by atoms with Gasteiger partial charge in [-0.2, -0.15) is 0 Å². The van der Waals surface area contributed by atoms with Crippen molar-refractivity contribution in [1.29, 1.82) is 0 Å². The maximum atomic E-state index is 11.9. The summed E-state index contributed by atoms with van der Waals surface area (Å²) in [6.45, 7) is 0.888. The fourth-order valence-electron chi connectivity index (χ4n) is 2.13. The molecule has 4 nitrogen and oxygen atoms in total. The van der Waals surface area contributed by atoms with Crippen LogP contribution in [0.25, 0.3) is 0 Å². The van der Waals surface area contributed by atoms with Gasteiger partial charge < -0.3 is 15.7 Å². The van der Waals surface area contributed by atoms with E-state index in [1.54, 1.807) is 4.90 Å². The molecule has 1 heterocycles. The molecule has 1 aliphatic rings. The second kappa shape index (κ2) is 5.29. The Labute approximate surface area is 101 Å². The van der Waals surface area contributed by atoms with Gasteiger partial charge in [0.25, 0.3) is 0 Å². The van der Waals surface area contributed by atoms with Gasteiger partial charge in [0.05, 0.1) is 6.04 Å². The number of hydrogen-bond acceptors (Lipinski definition) is 3. The molecule has 1 fully saturated rings. The minimum Gasteiger partial charge on any atom is -0.396 e. The normalized spacial score (nSPS) is 20.7. The van der Waals surface area contributed by atoms with Gasteiger partial charge in [-0.05, 0) is 37.0 Å². The fourth-order valence-corrected chi connectivity index (χ4v) is 2.13. The molecule has 0 spiro atoms. The average Bonchev–Trinajstić information content (AvgIpc) is 2.34. The number of anilines is 1. The quantitative estimate of drug-likeness (QED) is 0.808. The summed E-state index contributed by atoms with van der Waals surface area (Å²) in [5, 5.41) is 8.83. The average molecular weight is 234 g/mol. The number of benzene rings is 1. The Morgan fingerprint density at radius 3 is 2.71 bits per heavy atom. The SMILES string of the molecule is NC1CCCN(c2ccc(CCO)cc2)C1=O. The van der Waals surface area contributed by atoms with Crippen molar-refractivity contribution in [3.8, 4) is 0 Å². The molecular formula is C13H18N2O2. The molecule has 0 aliphatic carbocycles. The summed E-state index contributed by atoms with van der Waals surface area (Å²) in [5.41, 5.74) is 7.73. The Balaban J connectivity index is 2.13. The summed E-state index contributed by atoms with van der Waals surface area (Å²) in [7, 11) is 0. The van der Waals surface area contributed by atoms with Gasteiger partial charge in [0, 0.05) is 18.8 Å². The summed E-state index contributed by atoms with van der Waals surface area (Å²) in [5.74, 6) is 0.00570. The molecule has 0 radical (unpaired) electrons. The van der Waals surface area contributed by atoms with E-state index in [0.717, 1.165) is 30.6 Å². The van der Waals surface area contributed by atoms with Gasteiger partial charge in [-0.25, -0.2) is 0 Å². The molecular weight excluding hydrogens is 216 g/mol. The van der Waals surface area contributed by atoms with Crippen molar-refractivity contribution in [3.63, 3.8) is 0 Å². The van der Waals surface area contributed by atoms with Gasteiger partial charge in [-0.3, -0.25) is 4.79 Å². The van der Waals surface area contributed by atoms with E-state index in [9.17, 15) is 4.79 Å². The Kier molecular flexibility index (Phi) is 3.76. The fraction of sp³-hybridized carbons (Fsp3) is 0.462. The third kappa shape index (κ3) is 2.65. The molecule has 17 heavy (non-hydrogen) atoms. The predicted octanol–water partition coefficient (Wildman–Crippen LogP) is 0.675. The lowest BCUT2D eigenvalue weighted by atomic mass is 10.0. The van der Waals surface area contributed by atoms with E-state index in [1.807, 2.05) is 24.3 Å². The van der Waals surface area contributed by atoms with Crippen LogP contribution in [0.2, 0.25) is 0 Å². The second-order valence-electron chi connectivity index (χ2n) is 4.38. The van der Waals surface area contributed by atoms with Crippen LogP contribution in [0.1, 0.15) is 18.4 Å². The first-order valence-corrected chi connectivity index (χ1v) is 5.99. The van der Waals surface area contributed by atoms with Crippen LogP contribution in [0, 0.1) is 0 Å². The van der Waals surface area contributed by atoms with Crippen LogP contribution in [0.5, 0.6) is 0 Å². The molecule has 1 amide bonds. The Morgan fingerprint density at radius 2 is 2.06 bits per heavy atom. The monoisotopic (exact) mass is 234 g/mol. The largest absolute Gasteiger partial charge is 0.396 e. The highest BCUT2D eigenvalue weighted by molar-refractivity contribution is 5.97. The van der Waals surface area contributed by atoms with Crippen molar-refractivity contribution in [2.75, 3.05) is 18.1 Å². The number of nitrogens with two attached hydrogens (primary N) is 1. The maximum absolute atomic E-state index is 11.9. The number of carbonyl (C=O) groups is 1. The van der Waals surface area contributed by atoms with E-state index >= 15 is 0 Å². The molecule has 1 saturated heterocycles. The molecule has 1 unspecified atom stereocenters. The highest BCUT2D eigenvalue weighted by atomic mass is 16.3. The summed E-state index contributed by atoms with van der Waals surface area (Å²) >= 11 is 0. The molecule has 92 valence electrons. The van der Waals surface area contributed by atoms with E-state index < -0.39 is 0 Å². The summed E-state index contributed by atoms with van der Waals surface area (Å²) < 4.78 is 0. The summed E-state index contributed by atoms with van der Waals surface area (Å²) in [4.78, 5) is 13.6. The first-order chi connectivity index (χ1) is 8.22. The molecule has 4 heteroatoms. The van der Waals surface area contributed by atoms with E-state index in [0.29, 0.717) is 6.42 Å². The van der Waals surface area contributed by atoms with Gasteiger partial charge in [0.1, 0.15) is 0 Å². The number of piperidine rings is 1. The second-order valence-corrected chi connectivity index (χ2v) is 4.38. The zero-order valence-electron chi connectivity index (χ0n) is 9.80. The number of carbonyl (C=O) groups excluding carboxylic acids is 1. The number of hydrogen-bond donors (Lipinski definition) is 2. The van der Waals surface area contributed by atoms with Crippen LogP contribution in [0.15, 0.2) is 24.3 Å². The van der Waals surface area contributed by atoms with Crippen molar-refractivity contribution in [3.05, 3.63) is 29.8 Å². The summed E-state index contributed by atoms with van der Waals surface area (Å²) in [6, 6.07) is 7.36. The third-order valence-electron chi connectivity index (χ3n) is 3.13. The van der Waals surface area contributed by atoms with Crippen LogP contribution in [-0.4, -0.2) is 30.2 Å².